The van der Waals surface area contributed by atoms with Crippen molar-refractivity contribution in [3.05, 3.63) is 0 Å². The van der Waals surface area contributed by atoms with Crippen LogP contribution in [-0.4, -0.2) is 5.97 Å². The molecule has 2 nitrogen and oxygen atoms in total. The van der Waals surface area contributed by atoms with E-state index in [1.807, 2.05) is 0 Å². The Balaban J connectivity index is 0.000000882. The molecule has 7 aliphatic carbocycles. The fraction of sp³-hybridized carbons (Fsp3) is 0.933. The van der Waals surface area contributed by atoms with Crippen molar-refractivity contribution in [2.24, 2.45) is 46.8 Å². The summed E-state index contributed by atoms with van der Waals surface area (Å²) in [6.45, 7) is 0. The summed E-state index contributed by atoms with van der Waals surface area (Å²) in [5.41, 5.74) is -0.371. The van der Waals surface area contributed by atoms with Crippen LogP contribution in [0.4, 0.5) is 0 Å². The molecular formula is C15H19NaO2. The Hall–Kier alpha value is 0.470. The van der Waals surface area contributed by atoms with E-state index >= 15 is 0 Å². The molecule has 7 aliphatic rings. The van der Waals surface area contributed by atoms with E-state index in [0.717, 1.165) is 36.0 Å². The summed E-state index contributed by atoms with van der Waals surface area (Å²) in [6.07, 6.45) is 7.52. The quantitative estimate of drug-likeness (QED) is 0.532. The zero-order chi connectivity index (χ0) is 11.4. The first-order chi connectivity index (χ1) is 8.20. The van der Waals surface area contributed by atoms with Crippen LogP contribution >= 0.6 is 0 Å². The van der Waals surface area contributed by atoms with Gasteiger partial charge in [0.15, 0.2) is 0 Å². The van der Waals surface area contributed by atoms with Crippen molar-refractivity contribution in [2.75, 3.05) is 0 Å². The summed E-state index contributed by atoms with van der Waals surface area (Å²) in [5, 5.41) is 11.9. The van der Waals surface area contributed by atoms with Gasteiger partial charge in [0, 0.05) is 11.4 Å². The van der Waals surface area contributed by atoms with Crippen molar-refractivity contribution in [3.63, 3.8) is 0 Å². The maximum absolute atomic E-state index is 11.9. The van der Waals surface area contributed by atoms with Gasteiger partial charge in [-0.2, -0.15) is 0 Å². The Labute approximate surface area is 130 Å². The summed E-state index contributed by atoms with van der Waals surface area (Å²) in [4.78, 5) is 11.9. The van der Waals surface area contributed by atoms with Crippen LogP contribution in [0.25, 0.3) is 0 Å². The van der Waals surface area contributed by atoms with Gasteiger partial charge in [-0.15, -0.1) is 0 Å². The summed E-state index contributed by atoms with van der Waals surface area (Å²) < 4.78 is 0. The standard InChI is InChI=1S/C15H20O2.Na/c16-14(17)15-6-8-2-10-9-1-7(4-12(10)15)5-13(15)11(9)3-8;/h7-13H,1-6H2,(H,16,17);/q;+1/p-1. The van der Waals surface area contributed by atoms with Gasteiger partial charge in [-0.05, 0) is 80.0 Å². The third-order valence-electron chi connectivity index (χ3n) is 7.45. The number of aliphatic carboxylic acids is 1. The third kappa shape index (κ3) is 1.11. The van der Waals surface area contributed by atoms with Crippen LogP contribution < -0.4 is 34.7 Å². The number of hydrogen-bond donors (Lipinski definition) is 0. The Morgan fingerprint density at radius 3 is 2.00 bits per heavy atom. The number of rotatable bonds is 1. The summed E-state index contributed by atoms with van der Waals surface area (Å²) >= 11 is 0. The Morgan fingerprint density at radius 2 is 1.44 bits per heavy atom. The number of hydrogen-bond acceptors (Lipinski definition) is 2. The number of carboxylic acids is 1. The summed E-state index contributed by atoms with van der Waals surface area (Å²) in [7, 11) is 0. The predicted octanol–water partition coefficient (Wildman–Crippen LogP) is -1.55. The van der Waals surface area contributed by atoms with Crippen LogP contribution in [0.15, 0.2) is 0 Å². The molecule has 0 aliphatic heterocycles. The van der Waals surface area contributed by atoms with E-state index in [1.54, 1.807) is 0 Å². The molecule has 92 valence electrons. The van der Waals surface area contributed by atoms with E-state index in [1.165, 1.54) is 32.1 Å². The molecule has 0 N–H and O–H groups in total. The molecular weight excluding hydrogens is 235 g/mol. The van der Waals surface area contributed by atoms with Gasteiger partial charge in [-0.25, -0.2) is 0 Å². The molecule has 0 amide bonds. The fourth-order valence-corrected chi connectivity index (χ4v) is 7.34. The van der Waals surface area contributed by atoms with Gasteiger partial charge in [0.05, 0.1) is 0 Å². The molecule has 7 fully saturated rings. The molecule has 0 spiro atoms. The Bertz CT molecular complexity index is 397. The molecule has 7 saturated carbocycles. The molecule has 3 heteroatoms. The molecule has 18 heavy (non-hydrogen) atoms. The van der Waals surface area contributed by atoms with Crippen LogP contribution in [0, 0.1) is 46.8 Å². The predicted molar refractivity (Wildman–Crippen MR) is 59.6 cm³/mol. The molecule has 7 rings (SSSR count). The minimum Gasteiger partial charge on any atom is -0.550 e. The minimum absolute atomic E-state index is 0. The monoisotopic (exact) mass is 254 g/mol. The topological polar surface area (TPSA) is 40.1 Å². The van der Waals surface area contributed by atoms with Gasteiger partial charge in [-0.3, -0.25) is 0 Å². The van der Waals surface area contributed by atoms with Gasteiger partial charge >= 0.3 is 29.6 Å². The molecule has 0 saturated heterocycles. The van der Waals surface area contributed by atoms with Gasteiger partial charge in [0.1, 0.15) is 0 Å². The van der Waals surface area contributed by atoms with Gasteiger partial charge < -0.3 is 9.90 Å². The van der Waals surface area contributed by atoms with E-state index in [2.05, 4.69) is 0 Å². The zero-order valence-electron chi connectivity index (χ0n) is 11.1. The Morgan fingerprint density at radius 1 is 0.889 bits per heavy atom. The van der Waals surface area contributed by atoms with Crippen molar-refractivity contribution in [1.82, 2.24) is 0 Å². The van der Waals surface area contributed by atoms with Gasteiger partial charge in [0.2, 0.25) is 0 Å². The zero-order valence-corrected chi connectivity index (χ0v) is 13.1. The molecule has 4 unspecified atom stereocenters. The molecule has 0 heterocycles. The first-order valence-electron chi connectivity index (χ1n) is 7.41. The average molecular weight is 254 g/mol. The minimum atomic E-state index is -0.675. The third-order valence-corrected chi connectivity index (χ3v) is 7.45. The van der Waals surface area contributed by atoms with E-state index < -0.39 is 5.97 Å². The number of carboxylic acid groups (broad SMARTS) is 1. The largest absolute Gasteiger partial charge is 1.00 e. The molecule has 0 aromatic rings. The summed E-state index contributed by atoms with van der Waals surface area (Å²) in [5.74, 6) is 4.35. The van der Waals surface area contributed by atoms with Crippen LogP contribution in [0.3, 0.4) is 0 Å². The van der Waals surface area contributed by atoms with Crippen molar-refractivity contribution in [2.45, 2.75) is 38.5 Å². The maximum Gasteiger partial charge on any atom is 1.00 e. The second-order valence-corrected chi connectivity index (χ2v) is 7.65. The first kappa shape index (κ1) is 12.2. The van der Waals surface area contributed by atoms with E-state index in [-0.39, 0.29) is 35.0 Å². The van der Waals surface area contributed by atoms with Crippen LogP contribution in [0.2, 0.25) is 0 Å². The molecule has 8 bridgehead atoms. The van der Waals surface area contributed by atoms with Crippen molar-refractivity contribution < 1.29 is 39.5 Å². The van der Waals surface area contributed by atoms with Crippen molar-refractivity contribution in [3.8, 4) is 0 Å². The number of carbonyl (C=O) groups excluding carboxylic acids is 1. The van der Waals surface area contributed by atoms with Crippen molar-refractivity contribution in [1.29, 1.82) is 0 Å². The van der Waals surface area contributed by atoms with E-state index in [0.29, 0.717) is 11.8 Å². The second-order valence-electron chi connectivity index (χ2n) is 7.65. The van der Waals surface area contributed by atoms with Gasteiger partial charge in [0.25, 0.3) is 0 Å². The van der Waals surface area contributed by atoms with Crippen LogP contribution in [0.5, 0.6) is 0 Å². The second kappa shape index (κ2) is 3.56. The van der Waals surface area contributed by atoms with Crippen LogP contribution in [-0.2, 0) is 4.79 Å². The first-order valence-corrected chi connectivity index (χ1v) is 7.41. The molecule has 4 atom stereocenters. The SMILES string of the molecule is O=C([O-])C12CC3CC4C5CC(CC41)CC2C5C3.[Na+]. The fourth-order valence-electron chi connectivity index (χ4n) is 7.34. The van der Waals surface area contributed by atoms with Gasteiger partial charge in [-0.1, -0.05) is 0 Å². The average Bonchev–Trinajstić information content (AvgIpc) is 2.34. The van der Waals surface area contributed by atoms with E-state index in [4.69, 9.17) is 0 Å². The normalized spacial score (nSPS) is 61.9. The summed E-state index contributed by atoms with van der Waals surface area (Å²) in [6, 6.07) is 0. The van der Waals surface area contributed by atoms with E-state index in [9.17, 15) is 9.90 Å². The smallest absolute Gasteiger partial charge is 0.550 e. The number of carbonyl (C=O) groups is 1. The molecule has 0 aromatic carbocycles. The Kier molecular flexibility index (Phi) is 2.42. The van der Waals surface area contributed by atoms with Crippen LogP contribution in [0.1, 0.15) is 38.5 Å². The maximum atomic E-state index is 11.9. The molecule has 0 radical (unpaired) electrons. The molecule has 0 aromatic heterocycles. The van der Waals surface area contributed by atoms with Crippen molar-refractivity contribution >= 4 is 5.97 Å².